The first-order valence-corrected chi connectivity index (χ1v) is 12.1. The lowest BCUT2D eigenvalue weighted by Crippen LogP contribution is -2.31. The molecule has 2 N–H and O–H groups in total. The van der Waals surface area contributed by atoms with Gasteiger partial charge in [0.25, 0.3) is 11.8 Å². The number of nitrogens with one attached hydrogen (secondary N) is 2. The van der Waals surface area contributed by atoms with Crippen molar-refractivity contribution in [3.63, 3.8) is 0 Å². The molecule has 0 bridgehead atoms. The van der Waals surface area contributed by atoms with Gasteiger partial charge in [-0.05, 0) is 63.1 Å². The molecule has 204 valence electrons. The summed E-state index contributed by atoms with van der Waals surface area (Å²) in [6.45, 7) is 7.02. The minimum atomic E-state index is -4.66. The van der Waals surface area contributed by atoms with Crippen LogP contribution in [0.1, 0.15) is 57.2 Å². The molecule has 0 radical (unpaired) electrons. The van der Waals surface area contributed by atoms with Crippen molar-refractivity contribution >= 4 is 29.1 Å². The predicted octanol–water partition coefficient (Wildman–Crippen LogP) is 4.59. The summed E-state index contributed by atoms with van der Waals surface area (Å²) in [7, 11) is 0. The van der Waals surface area contributed by atoms with Crippen molar-refractivity contribution in [1.29, 1.82) is 0 Å². The van der Waals surface area contributed by atoms with E-state index in [0.29, 0.717) is 11.3 Å². The van der Waals surface area contributed by atoms with Crippen molar-refractivity contribution in [2.45, 2.75) is 46.5 Å². The molecule has 14 heteroatoms. The number of halogens is 4. The van der Waals surface area contributed by atoms with Crippen molar-refractivity contribution in [3.8, 4) is 5.82 Å². The Kier molecular flexibility index (Phi) is 7.72. The van der Waals surface area contributed by atoms with Gasteiger partial charge in [0.05, 0.1) is 34.7 Å². The van der Waals surface area contributed by atoms with E-state index in [1.165, 1.54) is 16.9 Å². The molecule has 0 saturated carbocycles. The molecule has 0 aliphatic carbocycles. The first kappa shape index (κ1) is 27.8. The second kappa shape index (κ2) is 10.8. The van der Waals surface area contributed by atoms with Crippen LogP contribution in [0, 0.1) is 13.8 Å². The molecule has 0 aliphatic heterocycles. The van der Waals surface area contributed by atoms with E-state index in [2.05, 4.69) is 31.0 Å². The largest absolute Gasteiger partial charge is 0.436 e. The van der Waals surface area contributed by atoms with Crippen molar-refractivity contribution in [1.82, 2.24) is 35.1 Å². The quantitative estimate of drug-likeness (QED) is 0.341. The fourth-order valence-electron chi connectivity index (χ4n) is 3.87. The molecule has 3 heterocycles. The minimum Gasteiger partial charge on any atom is -0.350 e. The molecular formula is C25H24ClF3N8O2. The lowest BCUT2D eigenvalue weighted by atomic mass is 10.0. The van der Waals surface area contributed by atoms with Gasteiger partial charge in [0.15, 0.2) is 11.5 Å². The number of benzene rings is 1. The van der Waals surface area contributed by atoms with E-state index >= 15 is 0 Å². The Bertz CT molecular complexity index is 1540. The molecule has 39 heavy (non-hydrogen) atoms. The van der Waals surface area contributed by atoms with E-state index < -0.39 is 17.8 Å². The van der Waals surface area contributed by atoms with Gasteiger partial charge in [-0.15, -0.1) is 5.10 Å². The summed E-state index contributed by atoms with van der Waals surface area (Å²) in [5.41, 5.74) is 1.08. The molecule has 3 aromatic heterocycles. The summed E-state index contributed by atoms with van der Waals surface area (Å²) in [6.07, 6.45) is -2.47. The summed E-state index contributed by atoms with van der Waals surface area (Å²) >= 11 is 6.32. The summed E-state index contributed by atoms with van der Waals surface area (Å²) in [5, 5.41) is 16.8. The second-order valence-electron chi connectivity index (χ2n) is 9.13. The van der Waals surface area contributed by atoms with Gasteiger partial charge < -0.3 is 10.6 Å². The molecule has 0 unspecified atom stereocenters. The monoisotopic (exact) mass is 560 g/mol. The van der Waals surface area contributed by atoms with Crippen molar-refractivity contribution in [3.05, 3.63) is 81.5 Å². The van der Waals surface area contributed by atoms with Gasteiger partial charge in [-0.2, -0.15) is 18.3 Å². The zero-order chi connectivity index (χ0) is 28.5. The van der Waals surface area contributed by atoms with E-state index in [1.807, 2.05) is 26.8 Å². The molecule has 0 saturated heterocycles. The van der Waals surface area contributed by atoms with E-state index in [-0.39, 0.29) is 46.3 Å². The van der Waals surface area contributed by atoms with Crippen LogP contribution in [0.25, 0.3) is 5.82 Å². The standard InChI is InChI=1S/C25H24ClF3N8O2/c1-13(2)31-23(38)17-9-14(3)8-15(4)21(17)32-24(39)19-10-16(11-36-12-20(33-35-36)25(27,28)29)34-37(19)22-18(26)6-5-7-30-22/h5-10,12-13H,11H2,1-4H3,(H,31,38)(H,32,39). The summed E-state index contributed by atoms with van der Waals surface area (Å²) in [5.74, 6) is -0.875. The van der Waals surface area contributed by atoms with Gasteiger partial charge in [0.1, 0.15) is 5.69 Å². The van der Waals surface area contributed by atoms with Gasteiger partial charge in [-0.3, -0.25) is 9.59 Å². The number of hydrogen-bond donors (Lipinski definition) is 2. The third kappa shape index (κ3) is 6.25. The van der Waals surface area contributed by atoms with Crippen LogP contribution < -0.4 is 10.6 Å². The van der Waals surface area contributed by atoms with E-state index in [1.54, 1.807) is 25.1 Å². The number of alkyl halides is 3. The van der Waals surface area contributed by atoms with Gasteiger partial charge in [0, 0.05) is 12.2 Å². The number of hydrogen-bond acceptors (Lipinski definition) is 6. The van der Waals surface area contributed by atoms with Crippen molar-refractivity contribution in [2.75, 3.05) is 5.32 Å². The molecule has 0 aliphatic rings. The number of pyridine rings is 1. The molecule has 2 amide bonds. The normalized spacial score (nSPS) is 11.6. The highest BCUT2D eigenvalue weighted by Crippen LogP contribution is 2.28. The highest BCUT2D eigenvalue weighted by atomic mass is 35.5. The Morgan fingerprint density at radius 3 is 2.51 bits per heavy atom. The molecule has 10 nitrogen and oxygen atoms in total. The highest BCUT2D eigenvalue weighted by molar-refractivity contribution is 6.32. The van der Waals surface area contributed by atoms with Gasteiger partial charge in [-0.1, -0.05) is 22.9 Å². The van der Waals surface area contributed by atoms with Crippen LogP contribution in [-0.4, -0.2) is 47.6 Å². The third-order valence-electron chi connectivity index (χ3n) is 5.47. The van der Waals surface area contributed by atoms with Crippen LogP contribution in [0.4, 0.5) is 18.9 Å². The number of aryl methyl sites for hydroxylation is 2. The molecule has 4 rings (SSSR count). The Morgan fingerprint density at radius 2 is 1.87 bits per heavy atom. The Labute approximate surface area is 226 Å². The van der Waals surface area contributed by atoms with Crippen LogP contribution in [0.15, 0.2) is 42.7 Å². The Hall–Kier alpha value is -4.26. The van der Waals surface area contributed by atoms with E-state index in [0.717, 1.165) is 16.4 Å². The van der Waals surface area contributed by atoms with Gasteiger partial charge in [-0.25, -0.2) is 14.3 Å². The third-order valence-corrected chi connectivity index (χ3v) is 5.76. The SMILES string of the molecule is Cc1cc(C)c(NC(=O)c2cc(Cn3cc(C(F)(F)F)nn3)nn2-c2ncccc2Cl)c(C(=O)NC(C)C)c1. The van der Waals surface area contributed by atoms with Gasteiger partial charge >= 0.3 is 6.18 Å². The fraction of sp³-hybridized carbons (Fsp3) is 0.280. The lowest BCUT2D eigenvalue weighted by Gasteiger charge is -2.17. The summed E-state index contributed by atoms with van der Waals surface area (Å²) in [6, 6.07) is 7.89. The maximum atomic E-state index is 13.6. The molecule has 0 spiro atoms. The van der Waals surface area contributed by atoms with Gasteiger partial charge in [0.2, 0.25) is 0 Å². The van der Waals surface area contributed by atoms with Crippen LogP contribution in [0.3, 0.4) is 0 Å². The zero-order valence-corrected chi connectivity index (χ0v) is 22.1. The number of carbonyl (C=O) groups excluding carboxylic acids is 2. The maximum Gasteiger partial charge on any atom is 0.436 e. The average Bonchev–Trinajstić information content (AvgIpc) is 3.48. The summed E-state index contributed by atoms with van der Waals surface area (Å²) < 4.78 is 41.0. The smallest absolute Gasteiger partial charge is 0.350 e. The van der Waals surface area contributed by atoms with E-state index in [9.17, 15) is 22.8 Å². The summed E-state index contributed by atoms with van der Waals surface area (Å²) in [4.78, 5) is 30.7. The molecule has 0 fully saturated rings. The number of anilines is 1. The number of aromatic nitrogens is 6. The first-order chi connectivity index (χ1) is 18.3. The fourth-order valence-corrected chi connectivity index (χ4v) is 4.07. The molecule has 4 aromatic rings. The molecule has 0 atom stereocenters. The first-order valence-electron chi connectivity index (χ1n) is 11.7. The van der Waals surface area contributed by atoms with Crippen molar-refractivity contribution < 1.29 is 22.8 Å². The topological polar surface area (TPSA) is 120 Å². The Morgan fingerprint density at radius 1 is 1.13 bits per heavy atom. The minimum absolute atomic E-state index is 0.0167. The number of rotatable bonds is 7. The van der Waals surface area contributed by atoms with Crippen LogP contribution in [0.2, 0.25) is 5.02 Å². The maximum absolute atomic E-state index is 13.6. The Balaban J connectivity index is 1.74. The van der Waals surface area contributed by atoms with Crippen LogP contribution in [-0.2, 0) is 12.7 Å². The zero-order valence-electron chi connectivity index (χ0n) is 21.3. The molecular weight excluding hydrogens is 537 g/mol. The number of carbonyl (C=O) groups is 2. The highest BCUT2D eigenvalue weighted by Gasteiger charge is 2.34. The number of amides is 2. The second-order valence-corrected chi connectivity index (χ2v) is 9.53. The average molecular weight is 561 g/mol. The van der Waals surface area contributed by atoms with E-state index in [4.69, 9.17) is 11.6 Å². The van der Waals surface area contributed by atoms with Crippen LogP contribution in [0.5, 0.6) is 0 Å². The van der Waals surface area contributed by atoms with Crippen molar-refractivity contribution in [2.24, 2.45) is 0 Å². The van der Waals surface area contributed by atoms with Crippen LogP contribution >= 0.6 is 11.6 Å². The lowest BCUT2D eigenvalue weighted by molar-refractivity contribution is -0.141. The number of nitrogens with zero attached hydrogens (tertiary/aromatic N) is 6. The predicted molar refractivity (Wildman–Crippen MR) is 137 cm³/mol. The molecule has 1 aromatic carbocycles.